The summed E-state index contributed by atoms with van der Waals surface area (Å²) >= 11 is 0. The number of benzene rings is 2. The Morgan fingerprint density at radius 2 is 1.04 bits per heavy atom. The van der Waals surface area contributed by atoms with E-state index in [0.29, 0.717) is 5.54 Å². The third-order valence-corrected chi connectivity index (χ3v) is 12.6. The Bertz CT molecular complexity index is 832. The van der Waals surface area contributed by atoms with Gasteiger partial charge in [0, 0.05) is 5.54 Å². The van der Waals surface area contributed by atoms with Crippen molar-refractivity contribution in [2.75, 3.05) is 0 Å². The van der Waals surface area contributed by atoms with Gasteiger partial charge in [0.05, 0.1) is 8.07 Å². The molecule has 2 heteroatoms. The van der Waals surface area contributed by atoms with Crippen LogP contribution in [0, 0.1) is 0 Å². The number of hydrogen-bond donors (Lipinski definition) is 0. The monoisotopic (exact) mass is 408 g/mol. The van der Waals surface area contributed by atoms with Crippen LogP contribution in [0.3, 0.4) is 0 Å². The first-order chi connectivity index (χ1) is 12.5. The molecule has 0 radical (unpaired) electrons. The van der Waals surface area contributed by atoms with Crippen LogP contribution in [0.1, 0.15) is 69.3 Å². The Morgan fingerprint density at radius 3 is 1.32 bits per heavy atom. The first-order valence-corrected chi connectivity index (χ1v) is 17.4. The molecule has 0 aromatic heterocycles. The molecule has 0 atom stereocenters. The Hall–Kier alpha value is -1.13. The van der Waals surface area contributed by atoms with Gasteiger partial charge in [-0.05, 0) is 33.1 Å². The molecule has 3 rings (SSSR count). The Balaban J connectivity index is 2.35. The van der Waals surface area contributed by atoms with Gasteiger partial charge in [0.1, 0.15) is 8.07 Å². The Labute approximate surface area is 175 Å². The van der Waals surface area contributed by atoms with Crippen LogP contribution in [-0.4, -0.2) is 16.1 Å². The first kappa shape index (κ1) is 21.6. The number of rotatable bonds is 1. The smallest absolute Gasteiger partial charge is 0.0688 e. The molecule has 2 aromatic carbocycles. The van der Waals surface area contributed by atoms with Gasteiger partial charge in [-0.2, -0.15) is 0 Å². The summed E-state index contributed by atoms with van der Waals surface area (Å²) in [6, 6.07) is 15.0. The SMILES string of the molecule is CC(C)(C)c1ccc2c(c1)[Si](C)(C)c1cc(C(C)(C)C)ccc1C2[Si](C)(C)C. The predicted molar refractivity (Wildman–Crippen MR) is 132 cm³/mol. The zero-order valence-electron chi connectivity index (χ0n) is 20.0. The molecule has 1 aliphatic heterocycles. The fourth-order valence-corrected chi connectivity index (χ4v) is 10.8. The van der Waals surface area contributed by atoms with Gasteiger partial charge in [-0.1, -0.05) is 121 Å². The molecule has 0 bridgehead atoms. The molecule has 0 spiro atoms. The molecule has 0 nitrogen and oxygen atoms in total. The highest BCUT2D eigenvalue weighted by Crippen LogP contribution is 2.39. The van der Waals surface area contributed by atoms with Gasteiger partial charge in [-0.15, -0.1) is 0 Å². The standard InChI is InChI=1S/C26H40Si2/c1-25(2,3)18-12-14-20-22(16-18)28(10,11)23-17-19(26(4,5)6)13-15-21(23)24(20)27(7,8)9/h12-17,24H,1-11H3. The van der Waals surface area contributed by atoms with Gasteiger partial charge in [0.15, 0.2) is 0 Å². The molecule has 0 saturated heterocycles. The van der Waals surface area contributed by atoms with E-state index in [1.54, 1.807) is 21.5 Å². The zero-order valence-corrected chi connectivity index (χ0v) is 22.0. The van der Waals surface area contributed by atoms with Gasteiger partial charge in [0.2, 0.25) is 0 Å². The van der Waals surface area contributed by atoms with Gasteiger partial charge in [0.25, 0.3) is 0 Å². The number of hydrogen-bond acceptors (Lipinski definition) is 0. The fourth-order valence-electron chi connectivity index (χ4n) is 4.88. The van der Waals surface area contributed by atoms with Crippen LogP contribution < -0.4 is 10.4 Å². The summed E-state index contributed by atoms with van der Waals surface area (Å²) in [6.45, 7) is 26.8. The van der Waals surface area contributed by atoms with Crippen molar-refractivity contribution in [3.8, 4) is 0 Å². The molecule has 0 fully saturated rings. The zero-order chi connectivity index (χ0) is 21.3. The summed E-state index contributed by atoms with van der Waals surface area (Å²) in [4.78, 5) is 0. The minimum Gasteiger partial charge on any atom is -0.0688 e. The number of fused-ring (bicyclic) bond motifs is 2. The molecule has 1 heterocycles. The summed E-state index contributed by atoms with van der Waals surface area (Å²) < 4.78 is 0. The van der Waals surface area contributed by atoms with E-state index >= 15 is 0 Å². The molecular weight excluding hydrogens is 368 g/mol. The summed E-state index contributed by atoms with van der Waals surface area (Å²) in [6.07, 6.45) is 0. The second-order valence-electron chi connectivity index (χ2n) is 12.5. The predicted octanol–water partition coefficient (Wildman–Crippen LogP) is 6.43. The lowest BCUT2D eigenvalue weighted by molar-refractivity contribution is 0.590. The highest BCUT2D eigenvalue weighted by Gasteiger charge is 2.44. The Morgan fingerprint density at radius 1 is 0.679 bits per heavy atom. The van der Waals surface area contributed by atoms with Crippen molar-refractivity contribution in [2.24, 2.45) is 0 Å². The van der Waals surface area contributed by atoms with Crippen molar-refractivity contribution in [1.29, 1.82) is 0 Å². The lowest BCUT2D eigenvalue weighted by Gasteiger charge is -2.44. The third kappa shape index (κ3) is 3.59. The van der Waals surface area contributed by atoms with E-state index in [9.17, 15) is 0 Å². The molecule has 0 amide bonds. The van der Waals surface area contributed by atoms with Crippen molar-refractivity contribution in [1.82, 2.24) is 0 Å². The van der Waals surface area contributed by atoms with Crippen molar-refractivity contribution in [3.63, 3.8) is 0 Å². The third-order valence-electron chi connectivity index (χ3n) is 6.67. The second-order valence-corrected chi connectivity index (χ2v) is 22.2. The van der Waals surface area contributed by atoms with E-state index in [-0.39, 0.29) is 10.8 Å². The minimum atomic E-state index is -1.75. The van der Waals surface area contributed by atoms with E-state index in [1.807, 2.05) is 0 Å². The van der Waals surface area contributed by atoms with Crippen LogP contribution in [0.15, 0.2) is 36.4 Å². The maximum absolute atomic E-state index is 2.58. The minimum absolute atomic E-state index is 0.196. The van der Waals surface area contributed by atoms with Crippen molar-refractivity contribution < 1.29 is 0 Å². The highest BCUT2D eigenvalue weighted by atomic mass is 28.3. The van der Waals surface area contributed by atoms with E-state index in [2.05, 4.69) is 111 Å². The van der Waals surface area contributed by atoms with Crippen LogP contribution in [0.5, 0.6) is 0 Å². The molecule has 28 heavy (non-hydrogen) atoms. The van der Waals surface area contributed by atoms with Crippen LogP contribution in [0.2, 0.25) is 32.7 Å². The first-order valence-electron chi connectivity index (χ1n) is 10.8. The molecule has 0 unspecified atom stereocenters. The molecule has 0 saturated carbocycles. The molecular formula is C26H40Si2. The van der Waals surface area contributed by atoms with Crippen molar-refractivity contribution in [2.45, 2.75) is 90.6 Å². The molecule has 0 N–H and O–H groups in total. The van der Waals surface area contributed by atoms with Crippen LogP contribution >= 0.6 is 0 Å². The summed E-state index contributed by atoms with van der Waals surface area (Å²) in [5.41, 5.74) is 7.23. The maximum atomic E-state index is 2.58. The van der Waals surface area contributed by atoms with Gasteiger partial charge in [-0.25, -0.2) is 0 Å². The average molecular weight is 409 g/mol. The summed E-state index contributed by atoms with van der Waals surface area (Å²) in [5.74, 6) is 0. The van der Waals surface area contributed by atoms with E-state index < -0.39 is 16.1 Å². The topological polar surface area (TPSA) is 0 Å². The summed E-state index contributed by atoms with van der Waals surface area (Å²) in [7, 11) is -3.18. The van der Waals surface area contributed by atoms with E-state index in [4.69, 9.17) is 0 Å². The van der Waals surface area contributed by atoms with E-state index in [0.717, 1.165) is 0 Å². The largest absolute Gasteiger partial charge is 0.112 e. The molecule has 1 aliphatic rings. The van der Waals surface area contributed by atoms with Crippen molar-refractivity contribution >= 4 is 26.5 Å². The lowest BCUT2D eigenvalue weighted by Crippen LogP contribution is -2.61. The summed E-state index contributed by atoms with van der Waals surface area (Å²) in [5, 5.41) is 3.37. The van der Waals surface area contributed by atoms with Gasteiger partial charge in [-0.3, -0.25) is 0 Å². The fraction of sp³-hybridized carbons (Fsp3) is 0.538. The molecule has 0 aliphatic carbocycles. The quantitative estimate of drug-likeness (QED) is 0.477. The maximum Gasteiger partial charge on any atom is 0.112 e. The van der Waals surface area contributed by atoms with Crippen LogP contribution in [0.25, 0.3) is 0 Å². The normalized spacial score (nSPS) is 17.2. The highest BCUT2D eigenvalue weighted by molar-refractivity contribution is 7.02. The van der Waals surface area contributed by atoms with Crippen LogP contribution in [0.4, 0.5) is 0 Å². The van der Waals surface area contributed by atoms with Gasteiger partial charge >= 0.3 is 0 Å². The molecule has 152 valence electrons. The Kier molecular flexibility index (Phi) is 4.96. The van der Waals surface area contributed by atoms with Crippen molar-refractivity contribution in [3.05, 3.63) is 58.7 Å². The second kappa shape index (κ2) is 6.44. The van der Waals surface area contributed by atoms with Gasteiger partial charge < -0.3 is 0 Å². The average Bonchev–Trinajstić information content (AvgIpc) is 2.51. The van der Waals surface area contributed by atoms with Crippen LogP contribution in [-0.2, 0) is 10.8 Å². The van der Waals surface area contributed by atoms with E-state index in [1.165, 1.54) is 11.1 Å². The lowest BCUT2D eigenvalue weighted by atomic mass is 9.85. The molecule has 2 aromatic rings.